The number of aromatic hydroxyl groups is 1. The van der Waals surface area contributed by atoms with Crippen LogP contribution in [-0.4, -0.2) is 27.9 Å². The van der Waals surface area contributed by atoms with E-state index in [1.165, 1.54) is 12.7 Å². The fourth-order valence-corrected chi connectivity index (χ4v) is 3.09. The van der Waals surface area contributed by atoms with Crippen molar-refractivity contribution in [1.82, 2.24) is 15.1 Å². The topological polar surface area (TPSA) is 76.4 Å². The summed E-state index contributed by atoms with van der Waals surface area (Å²) >= 11 is 0. The van der Waals surface area contributed by atoms with E-state index in [1.807, 2.05) is 49.7 Å². The highest BCUT2D eigenvalue weighted by molar-refractivity contribution is 5.95. The molecule has 0 aliphatic heterocycles. The molecule has 146 valence electrons. The molecule has 0 aliphatic rings. The molecule has 0 atom stereocenters. The van der Waals surface area contributed by atoms with E-state index in [0.717, 1.165) is 16.9 Å². The lowest BCUT2D eigenvalue weighted by Gasteiger charge is -2.13. The number of rotatable bonds is 6. The Kier molecular flexibility index (Phi) is 5.68. The molecule has 2 aromatic carbocycles. The molecular weight excluding hydrogens is 354 g/mol. The number of benzene rings is 2. The van der Waals surface area contributed by atoms with Crippen LogP contribution in [-0.2, 0) is 6.54 Å². The van der Waals surface area contributed by atoms with Crippen molar-refractivity contribution in [1.29, 1.82) is 0 Å². The molecule has 0 spiro atoms. The number of nitrogens with one attached hydrogen (secondary N) is 1. The predicted molar refractivity (Wildman–Crippen MR) is 108 cm³/mol. The number of aromatic nitrogens is 2. The number of phenols is 1. The number of ether oxygens (including phenoxy) is 1. The van der Waals surface area contributed by atoms with Crippen LogP contribution in [0, 0.1) is 6.92 Å². The first kappa shape index (κ1) is 19.5. The van der Waals surface area contributed by atoms with Gasteiger partial charge in [0.05, 0.1) is 30.3 Å². The number of aryl methyl sites for hydroxylation is 1. The summed E-state index contributed by atoms with van der Waals surface area (Å²) in [7, 11) is 1.49. The summed E-state index contributed by atoms with van der Waals surface area (Å²) in [6.45, 7) is 6.45. The van der Waals surface area contributed by atoms with Gasteiger partial charge in [-0.05, 0) is 42.7 Å². The summed E-state index contributed by atoms with van der Waals surface area (Å²) < 4.78 is 6.93. The van der Waals surface area contributed by atoms with Gasteiger partial charge in [-0.1, -0.05) is 37.6 Å². The summed E-state index contributed by atoms with van der Waals surface area (Å²) in [6.07, 6.45) is 1.61. The summed E-state index contributed by atoms with van der Waals surface area (Å²) in [4.78, 5) is 12.8. The lowest BCUT2D eigenvalue weighted by atomic mass is 10.0. The van der Waals surface area contributed by atoms with Crippen LogP contribution in [0.4, 0.5) is 0 Å². The molecule has 1 heterocycles. The van der Waals surface area contributed by atoms with Gasteiger partial charge in [0.1, 0.15) is 0 Å². The van der Waals surface area contributed by atoms with Crippen molar-refractivity contribution < 1.29 is 14.6 Å². The molecule has 0 unspecified atom stereocenters. The van der Waals surface area contributed by atoms with E-state index in [2.05, 4.69) is 10.4 Å². The van der Waals surface area contributed by atoms with Crippen molar-refractivity contribution in [2.24, 2.45) is 0 Å². The summed E-state index contributed by atoms with van der Waals surface area (Å²) in [5.41, 5.74) is 4.35. The van der Waals surface area contributed by atoms with Crippen molar-refractivity contribution >= 4 is 5.91 Å². The molecule has 0 saturated heterocycles. The lowest BCUT2D eigenvalue weighted by Crippen LogP contribution is -2.24. The van der Waals surface area contributed by atoms with Gasteiger partial charge in [-0.2, -0.15) is 5.10 Å². The van der Waals surface area contributed by atoms with E-state index < -0.39 is 0 Å². The monoisotopic (exact) mass is 379 g/mol. The highest BCUT2D eigenvalue weighted by Crippen LogP contribution is 2.26. The summed E-state index contributed by atoms with van der Waals surface area (Å²) in [6, 6.07) is 13.1. The molecule has 3 aromatic rings. The second-order valence-electron chi connectivity index (χ2n) is 7.03. The van der Waals surface area contributed by atoms with E-state index >= 15 is 0 Å². The van der Waals surface area contributed by atoms with Gasteiger partial charge < -0.3 is 15.2 Å². The average Bonchev–Trinajstić information content (AvgIpc) is 3.13. The first-order chi connectivity index (χ1) is 13.4. The first-order valence-corrected chi connectivity index (χ1v) is 9.19. The van der Waals surface area contributed by atoms with E-state index in [0.29, 0.717) is 17.9 Å². The van der Waals surface area contributed by atoms with E-state index in [1.54, 1.807) is 24.4 Å². The number of carbonyl (C=O) groups is 1. The van der Waals surface area contributed by atoms with Crippen molar-refractivity contribution in [3.8, 4) is 17.2 Å². The van der Waals surface area contributed by atoms with Crippen LogP contribution < -0.4 is 10.1 Å². The molecule has 1 amide bonds. The minimum absolute atomic E-state index is 0.0686. The molecule has 0 aliphatic carbocycles. The van der Waals surface area contributed by atoms with Crippen molar-refractivity contribution in [3.63, 3.8) is 0 Å². The molecule has 28 heavy (non-hydrogen) atoms. The fraction of sp³-hybridized carbons (Fsp3) is 0.273. The van der Waals surface area contributed by atoms with Crippen molar-refractivity contribution in [2.75, 3.05) is 7.11 Å². The molecule has 0 fully saturated rings. The van der Waals surface area contributed by atoms with Gasteiger partial charge in [-0.3, -0.25) is 4.79 Å². The molecular formula is C22H25N3O3. The quantitative estimate of drug-likeness (QED) is 0.680. The molecule has 0 bridgehead atoms. The SMILES string of the molecule is COc1cc(CNC(=O)c2cnn(-c3ccc(C)cc3)c2C(C)C)ccc1O. The largest absolute Gasteiger partial charge is 0.504 e. The zero-order valence-corrected chi connectivity index (χ0v) is 16.6. The van der Waals surface area contributed by atoms with Crippen LogP contribution >= 0.6 is 0 Å². The predicted octanol–water partition coefficient (Wildman–Crippen LogP) is 3.95. The number of hydrogen-bond donors (Lipinski definition) is 2. The zero-order chi connectivity index (χ0) is 20.3. The van der Waals surface area contributed by atoms with Crippen LogP contribution in [0.1, 0.15) is 46.9 Å². The third-order valence-electron chi connectivity index (χ3n) is 4.57. The Morgan fingerprint density at radius 3 is 2.57 bits per heavy atom. The van der Waals surface area contributed by atoms with E-state index in [-0.39, 0.29) is 17.6 Å². The second kappa shape index (κ2) is 8.17. The zero-order valence-electron chi connectivity index (χ0n) is 16.6. The Morgan fingerprint density at radius 1 is 1.21 bits per heavy atom. The van der Waals surface area contributed by atoms with E-state index in [9.17, 15) is 9.90 Å². The van der Waals surface area contributed by atoms with Crippen LogP contribution in [0.3, 0.4) is 0 Å². The highest BCUT2D eigenvalue weighted by Gasteiger charge is 2.20. The Labute approximate surface area is 164 Å². The molecule has 2 N–H and O–H groups in total. The van der Waals surface area contributed by atoms with Gasteiger partial charge in [0, 0.05) is 6.54 Å². The third-order valence-corrected chi connectivity index (χ3v) is 4.57. The first-order valence-electron chi connectivity index (χ1n) is 9.19. The maximum Gasteiger partial charge on any atom is 0.255 e. The second-order valence-corrected chi connectivity index (χ2v) is 7.03. The summed E-state index contributed by atoms with van der Waals surface area (Å²) in [5.74, 6) is 0.383. The van der Waals surface area contributed by atoms with Crippen LogP contribution in [0.25, 0.3) is 5.69 Å². The molecule has 1 aromatic heterocycles. The van der Waals surface area contributed by atoms with E-state index in [4.69, 9.17) is 4.74 Å². The molecule has 3 rings (SSSR count). The highest BCUT2D eigenvalue weighted by atomic mass is 16.5. The minimum Gasteiger partial charge on any atom is -0.504 e. The number of amides is 1. The van der Waals surface area contributed by atoms with Crippen molar-refractivity contribution in [3.05, 3.63) is 71.0 Å². The van der Waals surface area contributed by atoms with Gasteiger partial charge in [-0.25, -0.2) is 4.68 Å². The summed E-state index contributed by atoms with van der Waals surface area (Å²) in [5, 5.41) is 17.1. The number of hydrogen-bond acceptors (Lipinski definition) is 4. The standard InChI is InChI=1S/C22H25N3O3/c1-14(2)21-18(13-24-25(21)17-8-5-15(3)6-9-17)22(27)23-12-16-7-10-19(26)20(11-16)28-4/h5-11,13-14,26H,12H2,1-4H3,(H,23,27). The van der Waals surface area contributed by atoms with Crippen LogP contribution in [0.15, 0.2) is 48.7 Å². The van der Waals surface area contributed by atoms with Gasteiger partial charge in [0.2, 0.25) is 0 Å². The number of nitrogens with zero attached hydrogens (tertiary/aromatic N) is 2. The molecule has 6 nitrogen and oxygen atoms in total. The third kappa shape index (κ3) is 4.01. The maximum absolute atomic E-state index is 12.8. The minimum atomic E-state index is -0.186. The van der Waals surface area contributed by atoms with Crippen LogP contribution in [0.2, 0.25) is 0 Å². The molecule has 0 saturated carbocycles. The Hall–Kier alpha value is -3.28. The average molecular weight is 379 g/mol. The van der Waals surface area contributed by atoms with Gasteiger partial charge in [0.15, 0.2) is 11.5 Å². The molecule has 0 radical (unpaired) electrons. The Bertz CT molecular complexity index is 975. The van der Waals surface area contributed by atoms with Gasteiger partial charge in [-0.15, -0.1) is 0 Å². The lowest BCUT2D eigenvalue weighted by molar-refractivity contribution is 0.0949. The normalized spacial score (nSPS) is 10.9. The molecule has 6 heteroatoms. The van der Waals surface area contributed by atoms with Crippen molar-refractivity contribution in [2.45, 2.75) is 33.2 Å². The fourth-order valence-electron chi connectivity index (χ4n) is 3.09. The van der Waals surface area contributed by atoms with Crippen LogP contribution in [0.5, 0.6) is 11.5 Å². The Morgan fingerprint density at radius 2 is 1.93 bits per heavy atom. The smallest absolute Gasteiger partial charge is 0.255 e. The number of phenolic OH excluding ortho intramolecular Hbond substituents is 1. The number of methoxy groups -OCH3 is 1. The maximum atomic E-state index is 12.8. The number of carbonyl (C=O) groups excluding carboxylic acids is 1. The Balaban J connectivity index is 1.83. The van der Waals surface area contributed by atoms with Gasteiger partial charge in [0.25, 0.3) is 5.91 Å². The van der Waals surface area contributed by atoms with Gasteiger partial charge >= 0.3 is 0 Å².